The number of hydrogen-bond donors (Lipinski definition) is 0. The van der Waals surface area contributed by atoms with Crippen LogP contribution in [0.2, 0.25) is 0 Å². The zero-order chi connectivity index (χ0) is 10.0. The monoisotopic (exact) mass is 270 g/mol. The molecule has 0 aromatic heterocycles. The first-order valence-corrected chi connectivity index (χ1v) is 5.39. The lowest BCUT2D eigenvalue weighted by atomic mass is 10.2. The van der Waals surface area contributed by atoms with E-state index < -0.39 is 17.8 Å². The van der Waals surface area contributed by atoms with Gasteiger partial charge < -0.3 is 0 Å². The Labute approximate surface area is 86.6 Å². The first-order chi connectivity index (χ1) is 6.07. The molecule has 13 heavy (non-hydrogen) atoms. The minimum Gasteiger partial charge on any atom is -0.206 e. The van der Waals surface area contributed by atoms with Crippen molar-refractivity contribution in [3.05, 3.63) is 28.0 Å². The quantitative estimate of drug-likeness (QED) is 0.725. The molecule has 0 bridgehead atoms. The summed E-state index contributed by atoms with van der Waals surface area (Å²) in [6.45, 7) is 0. The average molecular weight is 271 g/mol. The van der Waals surface area contributed by atoms with Crippen LogP contribution in [0.1, 0.15) is 12.0 Å². The maximum Gasteiger partial charge on any atom is 0.267 e. The van der Waals surface area contributed by atoms with E-state index in [-0.39, 0.29) is 4.47 Å². The highest BCUT2D eigenvalue weighted by atomic mass is 79.9. The van der Waals surface area contributed by atoms with E-state index in [4.69, 9.17) is 0 Å². The van der Waals surface area contributed by atoms with Gasteiger partial charge in [0.05, 0.1) is 5.56 Å². The molecule has 72 valence electrons. The summed E-state index contributed by atoms with van der Waals surface area (Å²) < 4.78 is 37.7. The number of halogens is 4. The Morgan fingerprint density at radius 1 is 1.38 bits per heavy atom. The van der Waals surface area contributed by atoms with Crippen molar-refractivity contribution in [2.24, 2.45) is 0 Å². The van der Waals surface area contributed by atoms with Crippen LogP contribution in [0, 0.1) is 5.82 Å². The zero-order valence-electron chi connectivity index (χ0n) is 6.65. The third kappa shape index (κ3) is 2.20. The van der Waals surface area contributed by atoms with Crippen molar-refractivity contribution in [3.63, 3.8) is 0 Å². The number of thioether (sulfide) groups is 1. The number of hydrogen-bond acceptors (Lipinski definition) is 1. The SMILES string of the molecule is CSc1ccc(F)c(C(F)F)c1Br. The van der Waals surface area contributed by atoms with E-state index in [9.17, 15) is 13.2 Å². The lowest BCUT2D eigenvalue weighted by molar-refractivity contribution is 0.145. The van der Waals surface area contributed by atoms with Crippen LogP contribution in [-0.2, 0) is 0 Å². The van der Waals surface area contributed by atoms with Gasteiger partial charge in [-0.2, -0.15) is 0 Å². The van der Waals surface area contributed by atoms with Crippen LogP contribution in [0.25, 0.3) is 0 Å². The molecule has 0 N–H and O–H groups in total. The van der Waals surface area contributed by atoms with Gasteiger partial charge in [0.2, 0.25) is 0 Å². The molecule has 0 aliphatic heterocycles. The molecular formula is C8H6BrF3S. The molecule has 0 aliphatic carbocycles. The van der Waals surface area contributed by atoms with Crippen molar-refractivity contribution < 1.29 is 13.2 Å². The molecule has 1 rings (SSSR count). The molecule has 0 nitrogen and oxygen atoms in total. The van der Waals surface area contributed by atoms with Gasteiger partial charge in [0.25, 0.3) is 6.43 Å². The van der Waals surface area contributed by atoms with E-state index in [1.165, 1.54) is 17.8 Å². The highest BCUT2D eigenvalue weighted by molar-refractivity contribution is 9.10. The minimum atomic E-state index is -2.79. The maximum absolute atomic E-state index is 12.9. The van der Waals surface area contributed by atoms with Gasteiger partial charge in [-0.3, -0.25) is 0 Å². The Morgan fingerprint density at radius 3 is 2.46 bits per heavy atom. The van der Waals surface area contributed by atoms with Crippen LogP contribution < -0.4 is 0 Å². The number of benzene rings is 1. The highest BCUT2D eigenvalue weighted by Gasteiger charge is 2.19. The largest absolute Gasteiger partial charge is 0.267 e. The van der Waals surface area contributed by atoms with Gasteiger partial charge in [-0.25, -0.2) is 13.2 Å². The number of rotatable bonds is 2. The van der Waals surface area contributed by atoms with E-state index in [0.29, 0.717) is 4.90 Å². The fourth-order valence-corrected chi connectivity index (χ4v) is 2.38. The fourth-order valence-electron chi connectivity index (χ4n) is 0.907. The predicted octanol–water partition coefficient (Wildman–Crippen LogP) is 4.25. The molecule has 0 unspecified atom stereocenters. The molecule has 5 heteroatoms. The summed E-state index contributed by atoms with van der Waals surface area (Å²) in [5.41, 5.74) is -0.563. The second-order valence-electron chi connectivity index (χ2n) is 2.28. The predicted molar refractivity (Wildman–Crippen MR) is 50.8 cm³/mol. The lowest BCUT2D eigenvalue weighted by Gasteiger charge is -2.08. The van der Waals surface area contributed by atoms with Gasteiger partial charge >= 0.3 is 0 Å². The minimum absolute atomic E-state index is 0.148. The maximum atomic E-state index is 12.9. The molecule has 0 amide bonds. The standard InChI is InChI=1S/C8H6BrF3S/c1-13-5-3-2-4(10)6(7(5)9)8(11)12/h2-3,8H,1H3. The molecule has 0 radical (unpaired) electrons. The average Bonchev–Trinajstić information content (AvgIpc) is 2.04. The lowest BCUT2D eigenvalue weighted by Crippen LogP contribution is -1.93. The zero-order valence-corrected chi connectivity index (χ0v) is 9.05. The third-order valence-corrected chi connectivity index (χ3v) is 3.43. The van der Waals surface area contributed by atoms with Crippen molar-refractivity contribution >= 4 is 27.7 Å². The van der Waals surface area contributed by atoms with Crippen molar-refractivity contribution in [2.45, 2.75) is 11.3 Å². The first-order valence-electron chi connectivity index (χ1n) is 3.38. The van der Waals surface area contributed by atoms with Gasteiger partial charge in [-0.05, 0) is 34.3 Å². The Bertz CT molecular complexity index is 315. The number of alkyl halides is 2. The smallest absolute Gasteiger partial charge is 0.206 e. The molecule has 0 aliphatic rings. The van der Waals surface area contributed by atoms with E-state index >= 15 is 0 Å². The summed E-state index contributed by atoms with van der Waals surface area (Å²) in [6.07, 6.45) is -1.05. The van der Waals surface area contributed by atoms with Crippen molar-refractivity contribution in [1.82, 2.24) is 0 Å². The van der Waals surface area contributed by atoms with Gasteiger partial charge in [-0.15, -0.1) is 11.8 Å². The Balaban J connectivity index is 3.30. The normalized spacial score (nSPS) is 10.9. The highest BCUT2D eigenvalue weighted by Crippen LogP contribution is 2.36. The molecule has 0 fully saturated rings. The first kappa shape index (κ1) is 10.9. The van der Waals surface area contributed by atoms with Crippen LogP contribution in [0.4, 0.5) is 13.2 Å². The summed E-state index contributed by atoms with van der Waals surface area (Å²) in [6, 6.07) is 2.52. The van der Waals surface area contributed by atoms with Crippen molar-refractivity contribution in [2.75, 3.05) is 6.26 Å². The third-order valence-electron chi connectivity index (χ3n) is 1.53. The molecule has 1 aromatic rings. The van der Waals surface area contributed by atoms with Gasteiger partial charge in [0, 0.05) is 9.37 Å². The van der Waals surface area contributed by atoms with Crippen molar-refractivity contribution in [3.8, 4) is 0 Å². The molecule has 0 heterocycles. The summed E-state index contributed by atoms with van der Waals surface area (Å²) in [4.78, 5) is 0.608. The van der Waals surface area contributed by atoms with Crippen molar-refractivity contribution in [1.29, 1.82) is 0 Å². The second-order valence-corrected chi connectivity index (χ2v) is 3.92. The summed E-state index contributed by atoms with van der Waals surface area (Å²) in [5.74, 6) is -0.875. The molecule has 0 atom stereocenters. The van der Waals surface area contributed by atoms with Gasteiger partial charge in [0.1, 0.15) is 5.82 Å². The molecule has 1 aromatic carbocycles. The van der Waals surface area contributed by atoms with E-state index in [2.05, 4.69) is 15.9 Å². The van der Waals surface area contributed by atoms with Crippen LogP contribution in [0.5, 0.6) is 0 Å². The fraction of sp³-hybridized carbons (Fsp3) is 0.250. The topological polar surface area (TPSA) is 0 Å². The second kappa shape index (κ2) is 4.37. The van der Waals surface area contributed by atoms with E-state index in [0.717, 1.165) is 6.07 Å². The summed E-state index contributed by atoms with van der Waals surface area (Å²) in [5, 5.41) is 0. The summed E-state index contributed by atoms with van der Waals surface area (Å²) in [7, 11) is 0. The summed E-state index contributed by atoms with van der Waals surface area (Å²) >= 11 is 4.24. The van der Waals surface area contributed by atoms with Crippen LogP contribution in [0.3, 0.4) is 0 Å². The Kier molecular flexibility index (Phi) is 3.67. The Hall–Kier alpha value is -0.160. The molecule has 0 spiro atoms. The Morgan fingerprint density at radius 2 is 2.00 bits per heavy atom. The van der Waals surface area contributed by atoms with Gasteiger partial charge in [0.15, 0.2) is 0 Å². The molecule has 0 saturated carbocycles. The van der Waals surface area contributed by atoms with Crippen LogP contribution >= 0.6 is 27.7 Å². The van der Waals surface area contributed by atoms with E-state index in [1.54, 1.807) is 6.26 Å². The molecule has 0 saturated heterocycles. The van der Waals surface area contributed by atoms with Gasteiger partial charge in [-0.1, -0.05) is 0 Å². The van der Waals surface area contributed by atoms with Crippen LogP contribution in [0.15, 0.2) is 21.5 Å². The molecular weight excluding hydrogens is 265 g/mol. The van der Waals surface area contributed by atoms with Crippen LogP contribution in [-0.4, -0.2) is 6.26 Å². The van der Waals surface area contributed by atoms with E-state index in [1.807, 2.05) is 0 Å².